The topological polar surface area (TPSA) is 42.7 Å². The second-order valence-corrected chi connectivity index (χ2v) is 4.54. The van der Waals surface area contributed by atoms with Gasteiger partial charge < -0.3 is 9.88 Å². The molecule has 1 unspecified atom stereocenters. The molecule has 2 aromatic heterocycles. The summed E-state index contributed by atoms with van der Waals surface area (Å²) in [5, 5.41) is 3.40. The first kappa shape index (κ1) is 10.5. The highest BCUT2D eigenvalue weighted by Gasteiger charge is 2.21. The Morgan fingerprint density at radius 3 is 3.06 bits per heavy atom. The van der Waals surface area contributed by atoms with Crippen LogP contribution in [0.3, 0.4) is 0 Å². The first-order valence-corrected chi connectivity index (χ1v) is 6.00. The molecule has 0 aromatic carbocycles. The van der Waals surface area contributed by atoms with Crippen LogP contribution in [0.4, 0.5) is 0 Å². The molecule has 0 aliphatic carbocycles. The van der Waals surface area contributed by atoms with Gasteiger partial charge in [0.05, 0.1) is 18.2 Å². The SMILES string of the molecule is Cc1ccncc1-n1cncc1C1CCNC1. The van der Waals surface area contributed by atoms with Crippen LogP contribution in [-0.2, 0) is 0 Å². The van der Waals surface area contributed by atoms with Crippen molar-refractivity contribution in [2.24, 2.45) is 0 Å². The molecule has 2 aromatic rings. The number of imidazole rings is 1. The largest absolute Gasteiger partial charge is 0.316 e. The van der Waals surface area contributed by atoms with Crippen LogP contribution in [0.1, 0.15) is 23.6 Å². The molecule has 1 atom stereocenters. The fourth-order valence-electron chi connectivity index (χ4n) is 2.42. The van der Waals surface area contributed by atoms with Gasteiger partial charge in [0.15, 0.2) is 0 Å². The van der Waals surface area contributed by atoms with Crippen molar-refractivity contribution in [3.05, 3.63) is 42.2 Å². The smallest absolute Gasteiger partial charge is 0.0994 e. The van der Waals surface area contributed by atoms with Crippen molar-refractivity contribution in [1.29, 1.82) is 0 Å². The highest BCUT2D eigenvalue weighted by Crippen LogP contribution is 2.25. The van der Waals surface area contributed by atoms with Crippen LogP contribution < -0.4 is 5.32 Å². The summed E-state index contributed by atoms with van der Waals surface area (Å²) in [4.78, 5) is 8.50. The van der Waals surface area contributed by atoms with E-state index >= 15 is 0 Å². The molecule has 4 nitrogen and oxygen atoms in total. The summed E-state index contributed by atoms with van der Waals surface area (Å²) < 4.78 is 2.17. The first-order valence-electron chi connectivity index (χ1n) is 6.00. The lowest BCUT2D eigenvalue weighted by atomic mass is 10.1. The fraction of sp³-hybridized carbons (Fsp3) is 0.385. The van der Waals surface area contributed by atoms with E-state index in [2.05, 4.69) is 26.8 Å². The zero-order chi connectivity index (χ0) is 11.7. The molecule has 0 radical (unpaired) electrons. The zero-order valence-electron chi connectivity index (χ0n) is 9.93. The summed E-state index contributed by atoms with van der Waals surface area (Å²) in [5.74, 6) is 0.567. The molecule has 1 aliphatic heterocycles. The Labute approximate surface area is 101 Å². The van der Waals surface area contributed by atoms with Crippen molar-refractivity contribution in [1.82, 2.24) is 19.9 Å². The van der Waals surface area contributed by atoms with E-state index in [1.807, 2.05) is 31.0 Å². The number of nitrogens with zero attached hydrogens (tertiary/aromatic N) is 3. The van der Waals surface area contributed by atoms with Crippen molar-refractivity contribution in [3.63, 3.8) is 0 Å². The Balaban J connectivity index is 2.04. The van der Waals surface area contributed by atoms with Crippen molar-refractivity contribution in [3.8, 4) is 5.69 Å². The lowest BCUT2D eigenvalue weighted by molar-refractivity contribution is 0.712. The standard InChI is InChI=1S/C13H16N4/c1-10-2-4-15-7-12(10)17-9-16-8-13(17)11-3-5-14-6-11/h2,4,7-9,11,14H,3,5-6H2,1H3. The highest BCUT2D eigenvalue weighted by molar-refractivity contribution is 5.39. The fourth-order valence-corrected chi connectivity index (χ4v) is 2.42. The molecule has 3 heterocycles. The first-order chi connectivity index (χ1) is 8.36. The second kappa shape index (κ2) is 4.30. The van der Waals surface area contributed by atoms with Gasteiger partial charge in [-0.05, 0) is 31.5 Å². The van der Waals surface area contributed by atoms with Crippen molar-refractivity contribution >= 4 is 0 Å². The molecule has 0 bridgehead atoms. The van der Waals surface area contributed by atoms with Gasteiger partial charge in [-0.2, -0.15) is 0 Å². The molecule has 0 saturated carbocycles. The van der Waals surface area contributed by atoms with Gasteiger partial charge in [-0.3, -0.25) is 4.98 Å². The molecule has 0 spiro atoms. The highest BCUT2D eigenvalue weighted by atomic mass is 15.1. The minimum Gasteiger partial charge on any atom is -0.316 e. The van der Waals surface area contributed by atoms with E-state index in [4.69, 9.17) is 0 Å². The zero-order valence-corrected chi connectivity index (χ0v) is 9.93. The predicted molar refractivity (Wildman–Crippen MR) is 66.3 cm³/mol. The maximum Gasteiger partial charge on any atom is 0.0994 e. The average Bonchev–Trinajstić information content (AvgIpc) is 3.00. The van der Waals surface area contributed by atoms with Gasteiger partial charge >= 0.3 is 0 Å². The molecule has 1 N–H and O–H groups in total. The molecule has 0 amide bonds. The lowest BCUT2D eigenvalue weighted by Crippen LogP contribution is -2.11. The summed E-state index contributed by atoms with van der Waals surface area (Å²) in [5.41, 5.74) is 3.64. The molecular weight excluding hydrogens is 212 g/mol. The van der Waals surface area contributed by atoms with E-state index in [1.54, 1.807) is 0 Å². The lowest BCUT2D eigenvalue weighted by Gasteiger charge is -2.14. The summed E-state index contributed by atoms with van der Waals surface area (Å²) in [6, 6.07) is 2.03. The molecular formula is C13H16N4. The average molecular weight is 228 g/mol. The van der Waals surface area contributed by atoms with Gasteiger partial charge in [-0.15, -0.1) is 0 Å². The van der Waals surface area contributed by atoms with Crippen molar-refractivity contribution in [2.75, 3.05) is 13.1 Å². The van der Waals surface area contributed by atoms with Gasteiger partial charge in [-0.25, -0.2) is 4.98 Å². The Hall–Kier alpha value is -1.68. The van der Waals surface area contributed by atoms with E-state index in [0.717, 1.165) is 18.8 Å². The van der Waals surface area contributed by atoms with Crippen molar-refractivity contribution < 1.29 is 0 Å². The van der Waals surface area contributed by atoms with Crippen LogP contribution in [0.15, 0.2) is 31.0 Å². The molecule has 17 heavy (non-hydrogen) atoms. The predicted octanol–water partition coefficient (Wildman–Crippen LogP) is 1.65. The maximum absolute atomic E-state index is 4.29. The van der Waals surface area contributed by atoms with Crippen LogP contribution >= 0.6 is 0 Å². The third kappa shape index (κ3) is 1.85. The number of aryl methyl sites for hydroxylation is 1. The number of aromatic nitrogens is 3. The number of pyridine rings is 1. The summed E-state index contributed by atoms with van der Waals surface area (Å²) in [6.07, 6.45) is 8.78. The van der Waals surface area contributed by atoms with Crippen LogP contribution in [0.5, 0.6) is 0 Å². The van der Waals surface area contributed by atoms with E-state index in [-0.39, 0.29) is 0 Å². The van der Waals surface area contributed by atoms with E-state index in [9.17, 15) is 0 Å². The quantitative estimate of drug-likeness (QED) is 0.850. The summed E-state index contributed by atoms with van der Waals surface area (Å²) in [7, 11) is 0. The minimum absolute atomic E-state index is 0.567. The van der Waals surface area contributed by atoms with Crippen LogP contribution in [0.2, 0.25) is 0 Å². The Morgan fingerprint density at radius 2 is 2.29 bits per heavy atom. The van der Waals surface area contributed by atoms with E-state index in [1.165, 1.54) is 17.7 Å². The number of nitrogens with one attached hydrogen (secondary N) is 1. The second-order valence-electron chi connectivity index (χ2n) is 4.54. The minimum atomic E-state index is 0.567. The molecule has 1 fully saturated rings. The Bertz CT molecular complexity index is 512. The third-order valence-electron chi connectivity index (χ3n) is 3.42. The molecule has 3 rings (SSSR count). The molecule has 4 heteroatoms. The van der Waals surface area contributed by atoms with Crippen LogP contribution in [-0.4, -0.2) is 27.6 Å². The third-order valence-corrected chi connectivity index (χ3v) is 3.42. The van der Waals surface area contributed by atoms with E-state index in [0.29, 0.717) is 5.92 Å². The Kier molecular flexibility index (Phi) is 2.65. The molecule has 1 saturated heterocycles. The van der Waals surface area contributed by atoms with Gasteiger partial charge in [0.25, 0.3) is 0 Å². The van der Waals surface area contributed by atoms with Crippen molar-refractivity contribution in [2.45, 2.75) is 19.3 Å². The monoisotopic (exact) mass is 228 g/mol. The normalized spacial score (nSPS) is 19.7. The summed E-state index contributed by atoms with van der Waals surface area (Å²) >= 11 is 0. The van der Waals surface area contributed by atoms with E-state index < -0.39 is 0 Å². The van der Waals surface area contributed by atoms with Crippen LogP contribution in [0.25, 0.3) is 5.69 Å². The number of hydrogen-bond acceptors (Lipinski definition) is 3. The van der Waals surface area contributed by atoms with Gasteiger partial charge in [-0.1, -0.05) is 0 Å². The van der Waals surface area contributed by atoms with Gasteiger partial charge in [0.1, 0.15) is 0 Å². The number of rotatable bonds is 2. The van der Waals surface area contributed by atoms with Gasteiger partial charge in [0, 0.05) is 30.6 Å². The number of hydrogen-bond donors (Lipinski definition) is 1. The maximum atomic E-state index is 4.29. The van der Waals surface area contributed by atoms with Crippen LogP contribution in [0, 0.1) is 6.92 Å². The summed E-state index contributed by atoms with van der Waals surface area (Å²) in [6.45, 7) is 4.25. The van der Waals surface area contributed by atoms with Gasteiger partial charge in [0.2, 0.25) is 0 Å². The Morgan fingerprint density at radius 1 is 1.35 bits per heavy atom. The molecule has 88 valence electrons. The molecule has 1 aliphatic rings.